The van der Waals surface area contributed by atoms with Crippen LogP contribution in [0.5, 0.6) is 0 Å². The fraction of sp³-hybridized carbons (Fsp3) is 0.0526. The molecule has 1 aromatic heterocycles. The Morgan fingerprint density at radius 2 is 1.87 bits per heavy atom. The van der Waals surface area contributed by atoms with Crippen LogP contribution in [0.1, 0.15) is 15.9 Å². The number of nitrogens with two attached hydrogens (primary N) is 1. The predicted octanol–water partition coefficient (Wildman–Crippen LogP) is 4.20. The molecule has 3 aromatic rings. The van der Waals surface area contributed by atoms with Crippen LogP contribution in [-0.4, -0.2) is 11.3 Å². The summed E-state index contributed by atoms with van der Waals surface area (Å²) in [6.45, 7) is 2.00. The summed E-state index contributed by atoms with van der Waals surface area (Å²) in [6.07, 6.45) is 2.56. The lowest BCUT2D eigenvalue weighted by molar-refractivity contribution is 0.112. The van der Waals surface area contributed by atoms with E-state index < -0.39 is 0 Å². The largest absolute Gasteiger partial charge is 0.396 e. The van der Waals surface area contributed by atoms with E-state index >= 15 is 0 Å². The highest BCUT2D eigenvalue weighted by Crippen LogP contribution is 2.33. The summed E-state index contributed by atoms with van der Waals surface area (Å²) in [6, 6.07) is 17.2. The topological polar surface area (TPSA) is 68.0 Å². The summed E-state index contributed by atoms with van der Waals surface area (Å²) in [4.78, 5) is 15.6. The molecule has 0 aliphatic rings. The molecule has 3 N–H and O–H groups in total. The van der Waals surface area contributed by atoms with Gasteiger partial charge >= 0.3 is 0 Å². The van der Waals surface area contributed by atoms with E-state index in [0.29, 0.717) is 17.1 Å². The number of para-hydroxylation sites is 1. The number of nitrogens with zero attached hydrogens (tertiary/aromatic N) is 1. The molecular formula is C19H17N3O. The van der Waals surface area contributed by atoms with Crippen LogP contribution in [0.25, 0.3) is 11.1 Å². The van der Waals surface area contributed by atoms with Crippen molar-refractivity contribution < 1.29 is 4.79 Å². The van der Waals surface area contributed by atoms with Crippen molar-refractivity contribution in [1.82, 2.24) is 4.98 Å². The molecule has 0 saturated carbocycles. The van der Waals surface area contributed by atoms with Crippen LogP contribution in [0.2, 0.25) is 0 Å². The molecule has 4 heteroatoms. The molecule has 0 radical (unpaired) electrons. The summed E-state index contributed by atoms with van der Waals surface area (Å²) in [5, 5.41) is 3.26. The van der Waals surface area contributed by atoms with Gasteiger partial charge in [-0.3, -0.25) is 4.79 Å². The zero-order chi connectivity index (χ0) is 16.2. The molecule has 0 spiro atoms. The first-order valence-corrected chi connectivity index (χ1v) is 7.32. The molecular weight excluding hydrogens is 286 g/mol. The molecule has 0 unspecified atom stereocenters. The molecule has 0 saturated heterocycles. The number of pyridine rings is 1. The maximum Gasteiger partial charge on any atom is 0.153 e. The standard InChI is InChI=1S/C19H17N3O/c1-13-8-9-14(12-23)16(11-13)15-5-2-3-7-18(15)22-19-17(20)6-4-10-21-19/h2-12H,20H2,1H3,(H,21,22). The first-order chi connectivity index (χ1) is 11.2. The minimum Gasteiger partial charge on any atom is -0.396 e. The van der Waals surface area contributed by atoms with E-state index in [1.54, 1.807) is 18.3 Å². The summed E-state index contributed by atoms with van der Waals surface area (Å²) >= 11 is 0. The van der Waals surface area contributed by atoms with E-state index in [1.807, 2.05) is 49.4 Å². The van der Waals surface area contributed by atoms with Gasteiger partial charge < -0.3 is 11.1 Å². The van der Waals surface area contributed by atoms with Gasteiger partial charge in [0.1, 0.15) is 0 Å². The number of hydrogen-bond donors (Lipinski definition) is 2. The quantitative estimate of drug-likeness (QED) is 0.709. The second-order valence-electron chi connectivity index (χ2n) is 5.32. The Morgan fingerprint density at radius 3 is 2.65 bits per heavy atom. The van der Waals surface area contributed by atoms with Crippen LogP contribution in [0.3, 0.4) is 0 Å². The number of benzene rings is 2. The smallest absolute Gasteiger partial charge is 0.153 e. The number of carbonyl (C=O) groups is 1. The maximum atomic E-state index is 11.4. The third-order valence-electron chi connectivity index (χ3n) is 3.64. The summed E-state index contributed by atoms with van der Waals surface area (Å²) in [7, 11) is 0. The predicted molar refractivity (Wildman–Crippen MR) is 93.9 cm³/mol. The molecule has 3 rings (SSSR count). The molecule has 114 valence electrons. The summed E-state index contributed by atoms with van der Waals surface area (Å²) in [5.74, 6) is 0.597. The highest BCUT2D eigenvalue weighted by atomic mass is 16.1. The molecule has 1 heterocycles. The van der Waals surface area contributed by atoms with E-state index in [9.17, 15) is 4.79 Å². The van der Waals surface area contributed by atoms with E-state index in [2.05, 4.69) is 10.3 Å². The lowest BCUT2D eigenvalue weighted by Gasteiger charge is -2.14. The second kappa shape index (κ2) is 6.32. The number of aldehydes is 1. The molecule has 0 atom stereocenters. The van der Waals surface area contributed by atoms with Gasteiger partial charge in [0.25, 0.3) is 0 Å². The van der Waals surface area contributed by atoms with E-state index in [4.69, 9.17) is 5.73 Å². The first-order valence-electron chi connectivity index (χ1n) is 7.32. The Hall–Kier alpha value is -3.14. The fourth-order valence-corrected chi connectivity index (χ4v) is 2.48. The number of aromatic nitrogens is 1. The number of rotatable bonds is 4. The van der Waals surface area contributed by atoms with Gasteiger partial charge in [-0.05, 0) is 30.7 Å². The zero-order valence-corrected chi connectivity index (χ0v) is 12.8. The van der Waals surface area contributed by atoms with Gasteiger partial charge in [-0.15, -0.1) is 0 Å². The SMILES string of the molecule is Cc1ccc(C=O)c(-c2ccccc2Nc2ncccc2N)c1. The lowest BCUT2D eigenvalue weighted by atomic mass is 9.97. The van der Waals surface area contributed by atoms with Gasteiger partial charge in [-0.25, -0.2) is 4.98 Å². The van der Waals surface area contributed by atoms with Crippen molar-refractivity contribution in [2.45, 2.75) is 6.92 Å². The summed E-state index contributed by atoms with van der Waals surface area (Å²) < 4.78 is 0. The Bertz CT molecular complexity index is 859. The molecule has 0 fully saturated rings. The van der Waals surface area contributed by atoms with Crippen molar-refractivity contribution in [1.29, 1.82) is 0 Å². The molecule has 0 bridgehead atoms. The van der Waals surface area contributed by atoms with Crippen molar-refractivity contribution in [2.24, 2.45) is 0 Å². The Kier molecular flexibility index (Phi) is 4.06. The minimum absolute atomic E-state index is 0.571. The average Bonchev–Trinajstić information content (AvgIpc) is 2.57. The van der Waals surface area contributed by atoms with Crippen LogP contribution in [0.15, 0.2) is 60.8 Å². The van der Waals surface area contributed by atoms with Crippen LogP contribution < -0.4 is 11.1 Å². The van der Waals surface area contributed by atoms with Gasteiger partial charge in [-0.1, -0.05) is 42.0 Å². The van der Waals surface area contributed by atoms with Crippen molar-refractivity contribution in [3.63, 3.8) is 0 Å². The van der Waals surface area contributed by atoms with Gasteiger partial charge in [0.2, 0.25) is 0 Å². The highest BCUT2D eigenvalue weighted by Gasteiger charge is 2.11. The van der Waals surface area contributed by atoms with Crippen LogP contribution in [-0.2, 0) is 0 Å². The van der Waals surface area contributed by atoms with Gasteiger partial charge in [-0.2, -0.15) is 0 Å². The molecule has 0 aliphatic carbocycles. The maximum absolute atomic E-state index is 11.4. The Labute approximate surface area is 135 Å². The third-order valence-corrected chi connectivity index (χ3v) is 3.64. The number of anilines is 3. The first kappa shape index (κ1) is 14.8. The molecule has 4 nitrogen and oxygen atoms in total. The van der Waals surface area contributed by atoms with Gasteiger partial charge in [0.05, 0.1) is 5.69 Å². The molecule has 0 aliphatic heterocycles. The second-order valence-corrected chi connectivity index (χ2v) is 5.32. The van der Waals surface area contributed by atoms with E-state index in [1.165, 1.54) is 0 Å². The Morgan fingerprint density at radius 1 is 1.04 bits per heavy atom. The van der Waals surface area contributed by atoms with Gasteiger partial charge in [0, 0.05) is 23.0 Å². The van der Waals surface area contributed by atoms with Gasteiger partial charge in [0.15, 0.2) is 12.1 Å². The van der Waals surface area contributed by atoms with Crippen molar-refractivity contribution in [3.05, 3.63) is 71.9 Å². The van der Waals surface area contributed by atoms with Crippen LogP contribution in [0, 0.1) is 6.92 Å². The highest BCUT2D eigenvalue weighted by molar-refractivity contribution is 5.93. The van der Waals surface area contributed by atoms with Crippen molar-refractivity contribution >= 4 is 23.5 Å². The number of hydrogen-bond acceptors (Lipinski definition) is 4. The molecule has 0 amide bonds. The number of nitrogens with one attached hydrogen (secondary N) is 1. The fourth-order valence-electron chi connectivity index (χ4n) is 2.48. The summed E-state index contributed by atoms with van der Waals surface area (Å²) in [5.41, 5.74) is 10.9. The zero-order valence-electron chi connectivity index (χ0n) is 12.8. The number of carbonyl (C=O) groups excluding carboxylic acids is 1. The van der Waals surface area contributed by atoms with Crippen molar-refractivity contribution in [3.8, 4) is 11.1 Å². The third kappa shape index (κ3) is 3.06. The van der Waals surface area contributed by atoms with Crippen molar-refractivity contribution in [2.75, 3.05) is 11.1 Å². The van der Waals surface area contributed by atoms with E-state index in [0.717, 1.165) is 28.7 Å². The Balaban J connectivity index is 2.10. The molecule has 23 heavy (non-hydrogen) atoms. The normalized spacial score (nSPS) is 10.3. The number of nitrogen functional groups attached to an aromatic ring is 1. The van der Waals surface area contributed by atoms with Crippen LogP contribution in [0.4, 0.5) is 17.2 Å². The monoisotopic (exact) mass is 303 g/mol. The lowest BCUT2D eigenvalue weighted by Crippen LogP contribution is -2.00. The minimum atomic E-state index is 0.571. The molecule has 2 aromatic carbocycles. The van der Waals surface area contributed by atoms with E-state index in [-0.39, 0.29) is 0 Å². The number of aryl methyl sites for hydroxylation is 1. The van der Waals surface area contributed by atoms with Crippen LogP contribution >= 0.6 is 0 Å². The average molecular weight is 303 g/mol.